The van der Waals surface area contributed by atoms with Gasteiger partial charge in [0.05, 0.1) is 7.11 Å². The Kier molecular flexibility index (Phi) is 2.73. The van der Waals surface area contributed by atoms with Crippen molar-refractivity contribution in [3.05, 3.63) is 30.6 Å². The van der Waals surface area contributed by atoms with Crippen LogP contribution in [0.4, 0.5) is 5.82 Å². The van der Waals surface area contributed by atoms with Crippen LogP contribution in [0.5, 0.6) is 5.75 Å². The molecule has 1 aromatic carbocycles. The Morgan fingerprint density at radius 1 is 1.29 bits per heavy atom. The van der Waals surface area contributed by atoms with Crippen molar-refractivity contribution in [2.45, 2.75) is 18.9 Å². The van der Waals surface area contributed by atoms with E-state index in [1.807, 2.05) is 24.3 Å². The number of nitrogens with one attached hydrogen (secondary N) is 1. The van der Waals surface area contributed by atoms with Crippen molar-refractivity contribution in [1.29, 1.82) is 0 Å². The van der Waals surface area contributed by atoms with Gasteiger partial charge in [-0.2, -0.15) is 4.98 Å². The van der Waals surface area contributed by atoms with Crippen LogP contribution in [-0.2, 0) is 0 Å². The van der Waals surface area contributed by atoms with E-state index < -0.39 is 0 Å². The Bertz CT molecular complexity index is 795. The fourth-order valence-corrected chi connectivity index (χ4v) is 2.28. The van der Waals surface area contributed by atoms with Gasteiger partial charge >= 0.3 is 0 Å². The van der Waals surface area contributed by atoms with E-state index in [1.165, 1.54) is 19.2 Å². The SMILES string of the molecule is COc1cccc(-c2noc3ncnc(NC4CC4)c23)c1. The first-order valence-corrected chi connectivity index (χ1v) is 6.86. The predicted octanol–water partition coefficient (Wildman–Crippen LogP) is 2.87. The second-order valence-corrected chi connectivity index (χ2v) is 5.08. The summed E-state index contributed by atoms with van der Waals surface area (Å²) in [5, 5.41) is 8.37. The van der Waals surface area contributed by atoms with E-state index in [0.29, 0.717) is 11.8 Å². The minimum absolute atomic E-state index is 0.492. The second kappa shape index (κ2) is 4.73. The first kappa shape index (κ1) is 12.1. The zero-order valence-corrected chi connectivity index (χ0v) is 11.5. The summed E-state index contributed by atoms with van der Waals surface area (Å²) in [6.07, 6.45) is 3.84. The molecule has 1 saturated carbocycles. The lowest BCUT2D eigenvalue weighted by Gasteiger charge is -2.05. The first-order valence-electron chi connectivity index (χ1n) is 6.86. The van der Waals surface area contributed by atoms with Crippen molar-refractivity contribution in [3.63, 3.8) is 0 Å². The van der Waals surface area contributed by atoms with Gasteiger partial charge in [-0.1, -0.05) is 17.3 Å². The van der Waals surface area contributed by atoms with Crippen LogP contribution in [-0.4, -0.2) is 28.3 Å². The molecule has 0 spiro atoms. The minimum Gasteiger partial charge on any atom is -0.497 e. The Morgan fingerprint density at radius 3 is 3.00 bits per heavy atom. The maximum atomic E-state index is 5.34. The van der Waals surface area contributed by atoms with E-state index in [2.05, 4.69) is 20.4 Å². The summed E-state index contributed by atoms with van der Waals surface area (Å²) in [4.78, 5) is 8.48. The molecule has 3 aromatic rings. The van der Waals surface area contributed by atoms with Gasteiger partial charge in [-0.05, 0) is 25.0 Å². The van der Waals surface area contributed by atoms with E-state index >= 15 is 0 Å². The van der Waals surface area contributed by atoms with Gasteiger partial charge in [-0.15, -0.1) is 0 Å². The van der Waals surface area contributed by atoms with Gasteiger partial charge in [0.25, 0.3) is 5.71 Å². The molecular formula is C15H14N4O2. The molecule has 0 radical (unpaired) electrons. The number of hydrogen-bond acceptors (Lipinski definition) is 6. The van der Waals surface area contributed by atoms with Crippen LogP contribution < -0.4 is 10.1 Å². The molecule has 6 heteroatoms. The summed E-state index contributed by atoms with van der Waals surface area (Å²) in [6, 6.07) is 8.20. The molecule has 0 unspecified atom stereocenters. The number of methoxy groups -OCH3 is 1. The molecule has 1 aliphatic carbocycles. The zero-order chi connectivity index (χ0) is 14.2. The molecule has 106 valence electrons. The molecule has 21 heavy (non-hydrogen) atoms. The summed E-state index contributed by atoms with van der Waals surface area (Å²) >= 11 is 0. The molecule has 1 N–H and O–H groups in total. The summed E-state index contributed by atoms with van der Waals surface area (Å²) in [5.74, 6) is 1.55. The van der Waals surface area contributed by atoms with Crippen molar-refractivity contribution in [2.24, 2.45) is 0 Å². The van der Waals surface area contributed by atoms with E-state index in [0.717, 1.165) is 28.2 Å². The van der Waals surface area contributed by atoms with Gasteiger partial charge in [0.1, 0.15) is 29.0 Å². The molecule has 1 fully saturated rings. The van der Waals surface area contributed by atoms with Crippen LogP contribution in [0.1, 0.15) is 12.8 Å². The number of nitrogens with zero attached hydrogens (tertiary/aromatic N) is 3. The van der Waals surface area contributed by atoms with Crippen molar-refractivity contribution in [2.75, 3.05) is 12.4 Å². The highest BCUT2D eigenvalue weighted by Gasteiger charge is 2.24. The Labute approximate surface area is 121 Å². The van der Waals surface area contributed by atoms with Crippen LogP contribution in [0.15, 0.2) is 35.1 Å². The molecule has 0 aliphatic heterocycles. The molecule has 2 aromatic heterocycles. The van der Waals surface area contributed by atoms with Gasteiger partial charge in [-0.3, -0.25) is 0 Å². The van der Waals surface area contributed by atoms with Crippen LogP contribution in [0.2, 0.25) is 0 Å². The van der Waals surface area contributed by atoms with Crippen molar-refractivity contribution in [1.82, 2.24) is 15.1 Å². The number of fused-ring (bicyclic) bond motifs is 1. The molecule has 6 nitrogen and oxygen atoms in total. The topological polar surface area (TPSA) is 73.1 Å². The third-order valence-electron chi connectivity index (χ3n) is 3.53. The third kappa shape index (κ3) is 2.18. The number of rotatable bonds is 4. The maximum absolute atomic E-state index is 5.34. The average Bonchev–Trinajstić information content (AvgIpc) is 3.23. The first-order chi connectivity index (χ1) is 10.3. The van der Waals surface area contributed by atoms with E-state index in [4.69, 9.17) is 9.26 Å². The summed E-state index contributed by atoms with van der Waals surface area (Å²) < 4.78 is 10.6. The normalized spacial score (nSPS) is 14.3. The summed E-state index contributed by atoms with van der Waals surface area (Å²) in [7, 11) is 1.64. The predicted molar refractivity (Wildman–Crippen MR) is 78.2 cm³/mol. The highest BCUT2D eigenvalue weighted by molar-refractivity contribution is 5.97. The van der Waals surface area contributed by atoms with E-state index in [1.54, 1.807) is 7.11 Å². The lowest BCUT2D eigenvalue weighted by atomic mass is 10.1. The van der Waals surface area contributed by atoms with E-state index in [-0.39, 0.29) is 0 Å². The van der Waals surface area contributed by atoms with Gasteiger partial charge in [0, 0.05) is 11.6 Å². The second-order valence-electron chi connectivity index (χ2n) is 5.08. The molecule has 4 rings (SSSR count). The van der Waals surface area contributed by atoms with Crippen molar-refractivity contribution < 1.29 is 9.26 Å². The van der Waals surface area contributed by atoms with E-state index in [9.17, 15) is 0 Å². The fourth-order valence-electron chi connectivity index (χ4n) is 2.28. The van der Waals surface area contributed by atoms with Crippen LogP contribution in [0.25, 0.3) is 22.4 Å². The lowest BCUT2D eigenvalue weighted by Crippen LogP contribution is -2.03. The summed E-state index contributed by atoms with van der Waals surface area (Å²) in [6.45, 7) is 0. The number of hydrogen-bond donors (Lipinski definition) is 1. The summed E-state index contributed by atoms with van der Waals surface area (Å²) in [5.41, 5.74) is 2.14. The maximum Gasteiger partial charge on any atom is 0.263 e. The Morgan fingerprint density at radius 2 is 2.19 bits per heavy atom. The van der Waals surface area contributed by atoms with Gasteiger partial charge in [0.15, 0.2) is 0 Å². The Balaban J connectivity index is 1.87. The molecule has 1 aliphatic rings. The monoisotopic (exact) mass is 282 g/mol. The van der Waals surface area contributed by atoms with Crippen molar-refractivity contribution >= 4 is 16.9 Å². The third-order valence-corrected chi connectivity index (χ3v) is 3.53. The molecule has 0 bridgehead atoms. The van der Waals surface area contributed by atoms with Crippen molar-refractivity contribution in [3.8, 4) is 17.0 Å². The number of benzene rings is 1. The highest BCUT2D eigenvalue weighted by Crippen LogP contribution is 2.34. The quantitative estimate of drug-likeness (QED) is 0.793. The lowest BCUT2D eigenvalue weighted by molar-refractivity contribution is 0.415. The molecule has 0 saturated heterocycles. The smallest absolute Gasteiger partial charge is 0.263 e. The van der Waals surface area contributed by atoms with Gasteiger partial charge in [0.2, 0.25) is 0 Å². The van der Waals surface area contributed by atoms with Crippen LogP contribution >= 0.6 is 0 Å². The van der Waals surface area contributed by atoms with Crippen LogP contribution in [0.3, 0.4) is 0 Å². The molecular weight excluding hydrogens is 268 g/mol. The number of aromatic nitrogens is 3. The Hall–Kier alpha value is -2.63. The van der Waals surface area contributed by atoms with Gasteiger partial charge in [-0.25, -0.2) is 4.98 Å². The number of ether oxygens (including phenoxy) is 1. The largest absolute Gasteiger partial charge is 0.497 e. The molecule has 2 heterocycles. The molecule has 0 amide bonds. The average molecular weight is 282 g/mol. The minimum atomic E-state index is 0.492. The zero-order valence-electron chi connectivity index (χ0n) is 11.5. The highest BCUT2D eigenvalue weighted by atomic mass is 16.5. The van der Waals surface area contributed by atoms with Gasteiger partial charge < -0.3 is 14.6 Å². The molecule has 0 atom stereocenters. The number of anilines is 1. The standard InChI is InChI=1S/C15H14N4O2/c1-20-11-4-2-3-9(7-11)13-12-14(18-10-5-6-10)16-8-17-15(12)21-19-13/h2-4,7-8,10H,5-6H2,1H3,(H,16,17,18). The van der Waals surface area contributed by atoms with Crippen LogP contribution in [0, 0.1) is 0 Å². The fraction of sp³-hybridized carbons (Fsp3) is 0.267.